The molecule has 0 spiro atoms. The van der Waals surface area contributed by atoms with Crippen molar-refractivity contribution in [2.75, 3.05) is 4.90 Å². The molecular formula is C21H17FN2O2S. The number of furan rings is 1. The van der Waals surface area contributed by atoms with Crippen LogP contribution in [0.1, 0.15) is 17.7 Å². The van der Waals surface area contributed by atoms with Crippen LogP contribution in [0.15, 0.2) is 71.3 Å². The normalized spacial score (nSPS) is 11.0. The van der Waals surface area contributed by atoms with Gasteiger partial charge < -0.3 is 4.42 Å². The molecule has 0 bridgehead atoms. The zero-order valence-corrected chi connectivity index (χ0v) is 15.3. The molecule has 0 atom stereocenters. The molecule has 2 heterocycles. The molecule has 0 radical (unpaired) electrons. The maximum absolute atomic E-state index is 13.5. The van der Waals surface area contributed by atoms with Crippen LogP contribution >= 0.6 is 11.3 Å². The molecule has 2 aromatic carbocycles. The minimum atomic E-state index is -0.314. The number of aryl methyl sites for hydroxylation is 1. The van der Waals surface area contributed by atoms with E-state index in [2.05, 4.69) is 4.98 Å². The Morgan fingerprint density at radius 1 is 1.11 bits per heavy atom. The first-order valence-corrected chi connectivity index (χ1v) is 9.43. The number of fused-ring (bicyclic) bond motifs is 1. The molecule has 0 aliphatic heterocycles. The molecule has 1 amide bonds. The van der Waals surface area contributed by atoms with Crippen molar-refractivity contribution in [2.45, 2.75) is 19.4 Å². The molecule has 4 nitrogen and oxygen atoms in total. The Hall–Kier alpha value is -2.99. The van der Waals surface area contributed by atoms with Crippen molar-refractivity contribution >= 4 is 32.6 Å². The van der Waals surface area contributed by atoms with E-state index in [9.17, 15) is 9.18 Å². The first-order chi connectivity index (χ1) is 13.2. The maximum Gasteiger partial charge on any atom is 0.229 e. The van der Waals surface area contributed by atoms with Crippen LogP contribution in [-0.2, 0) is 17.8 Å². The van der Waals surface area contributed by atoms with E-state index in [1.165, 1.54) is 23.5 Å². The van der Waals surface area contributed by atoms with Gasteiger partial charge >= 0.3 is 0 Å². The summed E-state index contributed by atoms with van der Waals surface area (Å²) < 4.78 is 19.6. The van der Waals surface area contributed by atoms with Crippen LogP contribution in [0.3, 0.4) is 0 Å². The van der Waals surface area contributed by atoms with E-state index in [4.69, 9.17) is 4.42 Å². The first kappa shape index (κ1) is 17.4. The molecule has 0 fully saturated rings. The second kappa shape index (κ2) is 7.72. The summed E-state index contributed by atoms with van der Waals surface area (Å²) in [5, 5.41) is 0.546. The molecule has 136 valence electrons. The predicted molar refractivity (Wildman–Crippen MR) is 104 cm³/mol. The van der Waals surface area contributed by atoms with Gasteiger partial charge in [-0.15, -0.1) is 0 Å². The largest absolute Gasteiger partial charge is 0.467 e. The highest BCUT2D eigenvalue weighted by Crippen LogP contribution is 2.31. The Kier molecular flexibility index (Phi) is 4.98. The highest BCUT2D eigenvalue weighted by molar-refractivity contribution is 7.22. The van der Waals surface area contributed by atoms with Crippen LogP contribution in [0.25, 0.3) is 10.2 Å². The molecule has 2 aromatic heterocycles. The van der Waals surface area contributed by atoms with Gasteiger partial charge in [0.25, 0.3) is 0 Å². The van der Waals surface area contributed by atoms with Gasteiger partial charge in [-0.2, -0.15) is 0 Å². The summed E-state index contributed by atoms with van der Waals surface area (Å²) in [6.45, 7) is 0.295. The number of rotatable bonds is 6. The van der Waals surface area contributed by atoms with E-state index in [-0.39, 0.29) is 11.7 Å². The minimum Gasteiger partial charge on any atom is -0.467 e. The number of thiazole rings is 1. The average Bonchev–Trinajstić information content (AvgIpc) is 3.34. The van der Waals surface area contributed by atoms with Crippen LogP contribution in [0, 0.1) is 5.82 Å². The van der Waals surface area contributed by atoms with Crippen molar-refractivity contribution in [1.29, 1.82) is 0 Å². The van der Waals surface area contributed by atoms with E-state index in [0.717, 1.165) is 5.56 Å². The van der Waals surface area contributed by atoms with E-state index in [1.807, 2.05) is 36.4 Å². The second-order valence-electron chi connectivity index (χ2n) is 6.15. The van der Waals surface area contributed by atoms with Crippen LogP contribution < -0.4 is 4.90 Å². The average molecular weight is 380 g/mol. The molecule has 4 aromatic rings. The Balaban J connectivity index is 1.60. The van der Waals surface area contributed by atoms with Gasteiger partial charge in [0.05, 0.1) is 23.0 Å². The number of anilines is 1. The lowest BCUT2D eigenvalue weighted by Gasteiger charge is -2.18. The zero-order valence-electron chi connectivity index (χ0n) is 14.5. The van der Waals surface area contributed by atoms with Gasteiger partial charge in [-0.05, 0) is 42.3 Å². The van der Waals surface area contributed by atoms with Crippen LogP contribution in [0.4, 0.5) is 9.52 Å². The lowest BCUT2D eigenvalue weighted by molar-refractivity contribution is -0.118. The molecule has 4 rings (SSSR count). The lowest BCUT2D eigenvalue weighted by Crippen LogP contribution is -2.30. The number of nitrogens with zero attached hydrogens (tertiary/aromatic N) is 2. The number of aromatic nitrogens is 1. The van der Waals surface area contributed by atoms with Crippen molar-refractivity contribution in [1.82, 2.24) is 4.98 Å². The third-order valence-corrected chi connectivity index (χ3v) is 5.28. The Morgan fingerprint density at radius 2 is 1.96 bits per heavy atom. The molecule has 6 heteroatoms. The fourth-order valence-corrected chi connectivity index (χ4v) is 3.86. The molecule has 27 heavy (non-hydrogen) atoms. The third kappa shape index (κ3) is 4.06. The number of halogens is 1. The summed E-state index contributed by atoms with van der Waals surface area (Å²) >= 11 is 1.30. The highest BCUT2D eigenvalue weighted by atomic mass is 32.1. The van der Waals surface area contributed by atoms with Gasteiger partial charge in [-0.25, -0.2) is 9.37 Å². The summed E-state index contributed by atoms with van der Waals surface area (Å²) in [6, 6.07) is 17.9. The van der Waals surface area contributed by atoms with E-state index in [1.54, 1.807) is 23.3 Å². The van der Waals surface area contributed by atoms with Gasteiger partial charge in [0.1, 0.15) is 11.6 Å². The van der Waals surface area contributed by atoms with Crippen molar-refractivity contribution < 1.29 is 13.6 Å². The second-order valence-corrected chi connectivity index (χ2v) is 7.16. The number of amides is 1. The minimum absolute atomic E-state index is 0.0465. The Morgan fingerprint density at radius 3 is 2.74 bits per heavy atom. The molecule has 0 aliphatic rings. The van der Waals surface area contributed by atoms with Crippen molar-refractivity contribution in [3.8, 4) is 0 Å². The number of benzene rings is 2. The summed E-state index contributed by atoms with van der Waals surface area (Å²) in [5.41, 5.74) is 1.78. The molecular weight excluding hydrogens is 363 g/mol. The quantitative estimate of drug-likeness (QED) is 0.462. The number of hydrogen-bond donors (Lipinski definition) is 0. The summed E-state index contributed by atoms with van der Waals surface area (Å²) in [6.07, 6.45) is 2.58. The van der Waals surface area contributed by atoms with Gasteiger partial charge in [-0.1, -0.05) is 41.7 Å². The predicted octanol–water partition coefficient (Wildman–Crippen LogP) is 5.19. The number of hydrogen-bond acceptors (Lipinski definition) is 4. The maximum atomic E-state index is 13.5. The van der Waals surface area contributed by atoms with Crippen molar-refractivity contribution in [3.63, 3.8) is 0 Å². The third-order valence-electron chi connectivity index (χ3n) is 4.24. The van der Waals surface area contributed by atoms with Gasteiger partial charge in [0.15, 0.2) is 5.13 Å². The Bertz CT molecular complexity index is 1040. The molecule has 0 unspecified atom stereocenters. The van der Waals surface area contributed by atoms with E-state index < -0.39 is 0 Å². The van der Waals surface area contributed by atoms with E-state index >= 15 is 0 Å². The zero-order chi connectivity index (χ0) is 18.6. The monoisotopic (exact) mass is 380 g/mol. The first-order valence-electron chi connectivity index (χ1n) is 8.62. The Labute approximate surface area is 159 Å². The molecule has 0 aliphatic carbocycles. The highest BCUT2D eigenvalue weighted by Gasteiger charge is 2.21. The summed E-state index contributed by atoms with van der Waals surface area (Å²) in [5.74, 6) is 0.314. The van der Waals surface area contributed by atoms with Crippen molar-refractivity contribution in [2.24, 2.45) is 0 Å². The standard InChI is InChI=1S/C21H17FN2O2S/c22-16-9-10-18-19(13-16)27-21(23-18)24(14-17-7-4-12-26-17)20(25)11-8-15-5-2-1-3-6-15/h1-7,9-10,12-13H,8,11,14H2. The van der Waals surface area contributed by atoms with Crippen LogP contribution in [0.5, 0.6) is 0 Å². The van der Waals surface area contributed by atoms with Gasteiger partial charge in [-0.3, -0.25) is 9.69 Å². The summed E-state index contributed by atoms with van der Waals surface area (Å²) in [4.78, 5) is 19.1. The van der Waals surface area contributed by atoms with Gasteiger partial charge in [0.2, 0.25) is 5.91 Å². The lowest BCUT2D eigenvalue weighted by atomic mass is 10.1. The van der Waals surface area contributed by atoms with Crippen molar-refractivity contribution in [3.05, 3.63) is 84.1 Å². The topological polar surface area (TPSA) is 46.3 Å². The van der Waals surface area contributed by atoms with Crippen LogP contribution in [0.2, 0.25) is 0 Å². The van der Waals surface area contributed by atoms with Crippen LogP contribution in [-0.4, -0.2) is 10.9 Å². The van der Waals surface area contributed by atoms with E-state index in [0.29, 0.717) is 40.5 Å². The molecule has 0 N–H and O–H groups in total. The fraction of sp³-hybridized carbons (Fsp3) is 0.143. The summed E-state index contributed by atoms with van der Waals surface area (Å²) in [7, 11) is 0. The SMILES string of the molecule is O=C(CCc1ccccc1)N(Cc1ccco1)c1nc2ccc(F)cc2s1. The number of carbonyl (C=O) groups excluding carboxylic acids is 1. The molecule has 0 saturated heterocycles. The fourth-order valence-electron chi connectivity index (χ4n) is 2.85. The van der Waals surface area contributed by atoms with Gasteiger partial charge in [0, 0.05) is 6.42 Å². The molecule has 0 saturated carbocycles. The number of carbonyl (C=O) groups is 1. The smallest absolute Gasteiger partial charge is 0.229 e.